The molecule has 2 amide bonds. The summed E-state index contributed by atoms with van der Waals surface area (Å²) in [5.74, 6) is 0.0411. The third-order valence-electron chi connectivity index (χ3n) is 5.95. The van der Waals surface area contributed by atoms with Crippen LogP contribution in [0.5, 0.6) is 5.75 Å². The molecule has 6 nitrogen and oxygen atoms in total. The van der Waals surface area contributed by atoms with E-state index in [0.717, 1.165) is 35.3 Å². The third kappa shape index (κ3) is 2.46. The van der Waals surface area contributed by atoms with Crippen LogP contribution in [0.4, 0.5) is 5.69 Å². The summed E-state index contributed by atoms with van der Waals surface area (Å²) in [6, 6.07) is 14.5. The van der Waals surface area contributed by atoms with Gasteiger partial charge in [0.2, 0.25) is 5.91 Å². The molecule has 0 saturated carbocycles. The van der Waals surface area contributed by atoms with Crippen molar-refractivity contribution < 1.29 is 14.3 Å². The summed E-state index contributed by atoms with van der Waals surface area (Å²) in [6.45, 7) is 1.63. The maximum absolute atomic E-state index is 13.5. The Morgan fingerprint density at radius 3 is 2.32 bits per heavy atom. The number of para-hydroxylation sites is 1. The fraction of sp³-hybridized carbons (Fsp3) is 0.333. The largest absolute Gasteiger partial charge is 0.496 e. The number of rotatable bonds is 3. The maximum atomic E-state index is 13.5. The number of nitrogens with zero attached hydrogens (tertiary/aromatic N) is 3. The lowest BCUT2D eigenvalue weighted by atomic mass is 9.89. The van der Waals surface area contributed by atoms with Gasteiger partial charge in [0, 0.05) is 23.1 Å². The van der Waals surface area contributed by atoms with E-state index in [1.807, 2.05) is 36.4 Å². The van der Waals surface area contributed by atoms with Crippen molar-refractivity contribution in [2.24, 2.45) is 5.92 Å². The van der Waals surface area contributed by atoms with Gasteiger partial charge in [-0.15, -0.1) is 0 Å². The number of halogens is 1. The van der Waals surface area contributed by atoms with Gasteiger partial charge in [-0.1, -0.05) is 34.1 Å². The van der Waals surface area contributed by atoms with E-state index < -0.39 is 12.0 Å². The summed E-state index contributed by atoms with van der Waals surface area (Å²) in [5, 5.41) is 4.29. The number of benzene rings is 2. The summed E-state index contributed by atoms with van der Waals surface area (Å²) in [5.41, 5.74) is 1.58. The van der Waals surface area contributed by atoms with Gasteiger partial charge in [0.25, 0.3) is 5.91 Å². The molecule has 7 heteroatoms. The summed E-state index contributed by atoms with van der Waals surface area (Å²) in [4.78, 5) is 28.2. The Hall–Kier alpha value is -2.22. The van der Waals surface area contributed by atoms with Gasteiger partial charge in [0.05, 0.1) is 24.8 Å². The van der Waals surface area contributed by atoms with Crippen LogP contribution in [-0.2, 0) is 9.59 Å². The molecule has 3 aliphatic rings. The number of hydrazine groups is 1. The van der Waals surface area contributed by atoms with E-state index >= 15 is 0 Å². The van der Waals surface area contributed by atoms with E-state index in [9.17, 15) is 9.59 Å². The van der Waals surface area contributed by atoms with Gasteiger partial charge in [-0.2, -0.15) is 0 Å². The van der Waals surface area contributed by atoms with Crippen molar-refractivity contribution >= 4 is 33.4 Å². The van der Waals surface area contributed by atoms with Crippen molar-refractivity contribution in [3.63, 3.8) is 0 Å². The van der Waals surface area contributed by atoms with Crippen molar-refractivity contribution in [1.29, 1.82) is 0 Å². The number of carbonyl (C=O) groups excluding carboxylic acids is 2. The van der Waals surface area contributed by atoms with E-state index in [1.54, 1.807) is 19.2 Å². The van der Waals surface area contributed by atoms with Crippen molar-refractivity contribution in [2.45, 2.75) is 18.5 Å². The summed E-state index contributed by atoms with van der Waals surface area (Å²) >= 11 is 3.41. The van der Waals surface area contributed by atoms with Gasteiger partial charge in [0.1, 0.15) is 11.8 Å². The van der Waals surface area contributed by atoms with Crippen molar-refractivity contribution in [3.05, 3.63) is 58.6 Å². The van der Waals surface area contributed by atoms with Crippen LogP contribution in [0.2, 0.25) is 0 Å². The average molecular weight is 442 g/mol. The number of ether oxygens (including phenoxy) is 1. The summed E-state index contributed by atoms with van der Waals surface area (Å²) in [7, 11) is 1.64. The van der Waals surface area contributed by atoms with Gasteiger partial charge in [-0.05, 0) is 36.8 Å². The van der Waals surface area contributed by atoms with Gasteiger partial charge >= 0.3 is 0 Å². The maximum Gasteiger partial charge on any atom is 0.253 e. The Morgan fingerprint density at radius 2 is 1.61 bits per heavy atom. The molecule has 144 valence electrons. The lowest BCUT2D eigenvalue weighted by Crippen LogP contribution is -2.44. The lowest BCUT2D eigenvalue weighted by Gasteiger charge is -2.30. The molecule has 0 radical (unpaired) electrons. The number of hydrogen-bond acceptors (Lipinski definition) is 5. The van der Waals surface area contributed by atoms with Gasteiger partial charge < -0.3 is 4.74 Å². The standard InChI is InChI=1S/C21H20BrN3O3/c1-28-16-6-3-2-5-15(16)18-17-19(24-12-4-11-23(18)24)21(27)25(20(17)26)14-9-7-13(22)8-10-14/h2-3,5-10,17-19H,4,11-12H2,1H3/t17-,18-,19+/m1/s1. The minimum Gasteiger partial charge on any atom is -0.496 e. The van der Waals surface area contributed by atoms with Crippen LogP contribution in [0, 0.1) is 5.92 Å². The lowest BCUT2D eigenvalue weighted by molar-refractivity contribution is -0.126. The number of imide groups is 1. The molecule has 0 aliphatic carbocycles. The molecule has 28 heavy (non-hydrogen) atoms. The van der Waals surface area contributed by atoms with E-state index in [2.05, 4.69) is 25.9 Å². The van der Waals surface area contributed by atoms with Crippen LogP contribution in [0.15, 0.2) is 53.0 Å². The first kappa shape index (κ1) is 17.8. The van der Waals surface area contributed by atoms with Crippen LogP contribution >= 0.6 is 15.9 Å². The smallest absolute Gasteiger partial charge is 0.253 e. The molecule has 2 aromatic carbocycles. The zero-order valence-electron chi connectivity index (χ0n) is 15.4. The Kier molecular flexibility index (Phi) is 4.26. The van der Waals surface area contributed by atoms with Crippen LogP contribution < -0.4 is 9.64 Å². The Labute approximate surface area is 171 Å². The normalized spacial score (nSPS) is 27.4. The first-order chi connectivity index (χ1) is 13.6. The second-order valence-corrected chi connectivity index (χ2v) is 8.24. The Bertz CT molecular complexity index is 948. The second kappa shape index (κ2) is 6.69. The van der Waals surface area contributed by atoms with Crippen LogP contribution in [0.3, 0.4) is 0 Å². The highest BCUT2D eigenvalue weighted by molar-refractivity contribution is 9.10. The number of fused-ring (bicyclic) bond motifs is 3. The monoisotopic (exact) mass is 441 g/mol. The predicted molar refractivity (Wildman–Crippen MR) is 108 cm³/mol. The zero-order valence-corrected chi connectivity index (χ0v) is 17.0. The number of hydrogen-bond donors (Lipinski definition) is 0. The topological polar surface area (TPSA) is 53.1 Å². The molecule has 0 N–H and O–H groups in total. The first-order valence-corrected chi connectivity index (χ1v) is 10.2. The number of carbonyl (C=O) groups is 2. The molecule has 0 spiro atoms. The molecule has 5 rings (SSSR count). The molecule has 0 aromatic heterocycles. The number of methoxy groups -OCH3 is 1. The molecule has 0 unspecified atom stereocenters. The summed E-state index contributed by atoms with van der Waals surface area (Å²) in [6.07, 6.45) is 0.981. The van der Waals surface area contributed by atoms with E-state index in [4.69, 9.17) is 4.74 Å². The summed E-state index contributed by atoms with van der Waals surface area (Å²) < 4.78 is 6.49. The van der Waals surface area contributed by atoms with E-state index in [1.165, 1.54) is 4.90 Å². The van der Waals surface area contributed by atoms with Crippen LogP contribution in [-0.4, -0.2) is 48.1 Å². The average Bonchev–Trinajstić information content (AvgIpc) is 3.35. The number of amides is 2. The van der Waals surface area contributed by atoms with Gasteiger partial charge in [-0.3, -0.25) is 9.59 Å². The minimum absolute atomic E-state index is 0.136. The highest BCUT2D eigenvalue weighted by Crippen LogP contribution is 2.50. The molecule has 3 saturated heterocycles. The molecule has 2 aromatic rings. The van der Waals surface area contributed by atoms with Crippen LogP contribution in [0.25, 0.3) is 0 Å². The Balaban J connectivity index is 1.60. The highest BCUT2D eigenvalue weighted by atomic mass is 79.9. The first-order valence-electron chi connectivity index (χ1n) is 9.41. The van der Waals surface area contributed by atoms with Crippen molar-refractivity contribution in [2.75, 3.05) is 25.1 Å². The fourth-order valence-corrected chi connectivity index (χ4v) is 5.11. The molecular weight excluding hydrogens is 422 g/mol. The van der Waals surface area contributed by atoms with Gasteiger partial charge in [0.15, 0.2) is 0 Å². The van der Waals surface area contributed by atoms with E-state index in [-0.39, 0.29) is 17.9 Å². The van der Waals surface area contributed by atoms with Gasteiger partial charge in [-0.25, -0.2) is 14.9 Å². The SMILES string of the molecule is COc1ccccc1[C@@H]1[C@H]2C(=O)N(c3ccc(Br)cc3)C(=O)[C@H]2N2CCCN12. The second-order valence-electron chi connectivity index (χ2n) is 7.33. The third-order valence-corrected chi connectivity index (χ3v) is 6.48. The van der Waals surface area contributed by atoms with Crippen molar-refractivity contribution in [3.8, 4) is 5.75 Å². The molecule has 3 aliphatic heterocycles. The minimum atomic E-state index is -0.450. The molecule has 3 atom stereocenters. The number of anilines is 1. The molecule has 3 heterocycles. The quantitative estimate of drug-likeness (QED) is 0.685. The Morgan fingerprint density at radius 1 is 0.929 bits per heavy atom. The zero-order chi connectivity index (χ0) is 19.4. The highest BCUT2D eigenvalue weighted by Gasteiger charge is 2.63. The molecule has 0 bridgehead atoms. The van der Waals surface area contributed by atoms with E-state index in [0.29, 0.717) is 5.69 Å². The molecular formula is C21H20BrN3O3. The van der Waals surface area contributed by atoms with Crippen LogP contribution in [0.1, 0.15) is 18.0 Å². The predicted octanol–water partition coefficient (Wildman–Crippen LogP) is 2.99. The van der Waals surface area contributed by atoms with Crippen molar-refractivity contribution in [1.82, 2.24) is 10.0 Å². The molecule has 3 fully saturated rings. The fourth-order valence-electron chi connectivity index (χ4n) is 4.84.